The van der Waals surface area contributed by atoms with Gasteiger partial charge in [0, 0.05) is 37.2 Å². The van der Waals surface area contributed by atoms with E-state index in [1.54, 1.807) is 0 Å². The van der Waals surface area contributed by atoms with Crippen LogP contribution in [0.25, 0.3) is 53.6 Å². The fourth-order valence-electron chi connectivity index (χ4n) is 9.58. The van der Waals surface area contributed by atoms with Gasteiger partial charge in [-0.25, -0.2) is 0 Å². The Labute approximate surface area is 338 Å². The van der Waals surface area contributed by atoms with E-state index in [0.717, 1.165) is 17.8 Å². The summed E-state index contributed by atoms with van der Waals surface area (Å²) in [5, 5.41) is 2.65. The second kappa shape index (κ2) is 13.8. The molecule has 0 radical (unpaired) electrons. The van der Waals surface area contributed by atoms with Crippen LogP contribution in [0.1, 0.15) is 23.1 Å². The monoisotopic (exact) mass is 745 g/mol. The van der Waals surface area contributed by atoms with Gasteiger partial charge in [-0.3, -0.25) is 0 Å². The molecule has 0 fully saturated rings. The third kappa shape index (κ3) is 5.51. The van der Waals surface area contributed by atoms with Gasteiger partial charge in [-0.05, 0) is 111 Å². The van der Waals surface area contributed by atoms with Gasteiger partial charge in [-0.2, -0.15) is 0 Å². The summed E-state index contributed by atoms with van der Waals surface area (Å²) in [5.74, 6) is 0.223. The topological polar surface area (TPSA) is 3.24 Å². The zero-order valence-corrected chi connectivity index (χ0v) is 32.2. The van der Waals surface area contributed by atoms with E-state index in [-0.39, 0.29) is 11.3 Å². The van der Waals surface area contributed by atoms with Gasteiger partial charge in [0.05, 0.1) is 5.41 Å². The maximum Gasteiger partial charge on any atom is 0.0529 e. The third-order valence-corrected chi connectivity index (χ3v) is 13.3. The number of thiophene rings is 1. The summed E-state index contributed by atoms with van der Waals surface area (Å²) in [6.45, 7) is 0. The zero-order valence-electron chi connectivity index (χ0n) is 31.4. The molecule has 0 N–H and O–H groups in total. The standard InChI is InChI=1S/C55H39NS/c1-3-13-38(14-4-1)39-23-30-44(31-24-39)56(45-32-25-40(26-33-45)41-27-36-54-50(37-41)49-19-9-12-22-53(49)57-54)46-34-28-43(29-35-46)55(42-15-5-2-6-16-42)51-20-10-7-17-47(51)48-18-8-11-21-52(48)55/h1-28,30-37,43H,29H2. The lowest BCUT2D eigenvalue weighted by Gasteiger charge is -2.40. The lowest BCUT2D eigenvalue weighted by Crippen LogP contribution is -2.36. The van der Waals surface area contributed by atoms with E-state index in [0.29, 0.717) is 0 Å². The van der Waals surface area contributed by atoms with Gasteiger partial charge in [0.15, 0.2) is 0 Å². The van der Waals surface area contributed by atoms with Crippen LogP contribution in [0.15, 0.2) is 224 Å². The Morgan fingerprint density at radius 3 is 1.63 bits per heavy atom. The Hall–Kier alpha value is -6.74. The molecule has 0 saturated carbocycles. The van der Waals surface area contributed by atoms with E-state index in [1.807, 2.05) is 11.3 Å². The molecule has 2 heteroatoms. The summed E-state index contributed by atoms with van der Waals surface area (Å²) in [5.41, 5.74) is 14.8. The van der Waals surface area contributed by atoms with Gasteiger partial charge in [0.2, 0.25) is 0 Å². The fraction of sp³-hybridized carbons (Fsp3) is 0.0545. The number of hydrogen-bond acceptors (Lipinski definition) is 2. The van der Waals surface area contributed by atoms with Crippen LogP contribution in [0, 0.1) is 5.92 Å². The van der Waals surface area contributed by atoms with Crippen LogP contribution < -0.4 is 4.90 Å². The molecule has 8 aromatic carbocycles. The fourth-order valence-corrected chi connectivity index (χ4v) is 10.7. The summed E-state index contributed by atoms with van der Waals surface area (Å²) in [6, 6.07) is 73.7. The van der Waals surface area contributed by atoms with E-state index in [4.69, 9.17) is 0 Å². The molecule has 0 bridgehead atoms. The molecule has 1 unspecified atom stereocenters. The number of anilines is 2. The molecule has 2 aliphatic rings. The van der Waals surface area contributed by atoms with Crippen LogP contribution in [0.2, 0.25) is 0 Å². The van der Waals surface area contributed by atoms with Gasteiger partial charge in [-0.15, -0.1) is 11.3 Å². The van der Waals surface area contributed by atoms with Crippen molar-refractivity contribution in [3.8, 4) is 33.4 Å². The van der Waals surface area contributed by atoms with E-state index < -0.39 is 0 Å². The number of allylic oxidation sites excluding steroid dienone is 3. The van der Waals surface area contributed by atoms with Crippen molar-refractivity contribution in [1.82, 2.24) is 0 Å². The minimum atomic E-state index is -0.300. The number of rotatable bonds is 7. The lowest BCUT2D eigenvalue weighted by atomic mass is 9.62. The highest BCUT2D eigenvalue weighted by molar-refractivity contribution is 7.25. The van der Waals surface area contributed by atoms with Crippen LogP contribution in [-0.4, -0.2) is 0 Å². The largest absolute Gasteiger partial charge is 0.311 e. The zero-order chi connectivity index (χ0) is 37.8. The number of fused-ring (bicyclic) bond motifs is 6. The number of benzene rings is 8. The predicted octanol–water partition coefficient (Wildman–Crippen LogP) is 15.0. The first kappa shape index (κ1) is 33.6. The summed E-state index contributed by atoms with van der Waals surface area (Å²) in [4.78, 5) is 2.42. The molecule has 0 aliphatic heterocycles. The molecule has 9 aromatic rings. The number of nitrogens with zero attached hydrogens (tertiary/aromatic N) is 1. The first-order chi connectivity index (χ1) is 28.3. The third-order valence-electron chi connectivity index (χ3n) is 12.2. The molecule has 57 heavy (non-hydrogen) atoms. The summed E-state index contributed by atoms with van der Waals surface area (Å²) < 4.78 is 2.66. The van der Waals surface area contributed by atoms with Crippen LogP contribution >= 0.6 is 11.3 Å². The summed E-state index contributed by atoms with van der Waals surface area (Å²) >= 11 is 1.87. The van der Waals surface area contributed by atoms with E-state index in [2.05, 4.69) is 223 Å². The highest BCUT2D eigenvalue weighted by atomic mass is 32.1. The van der Waals surface area contributed by atoms with Gasteiger partial charge in [0.25, 0.3) is 0 Å². The van der Waals surface area contributed by atoms with Crippen molar-refractivity contribution in [3.05, 3.63) is 241 Å². The maximum absolute atomic E-state index is 2.49. The minimum Gasteiger partial charge on any atom is -0.311 e. The van der Waals surface area contributed by atoms with Crippen LogP contribution in [-0.2, 0) is 5.41 Å². The van der Waals surface area contributed by atoms with Crippen molar-refractivity contribution in [2.75, 3.05) is 4.90 Å². The van der Waals surface area contributed by atoms with Crippen molar-refractivity contribution < 1.29 is 0 Å². The second-order valence-corrected chi connectivity index (χ2v) is 16.3. The Bertz CT molecular complexity index is 2930. The van der Waals surface area contributed by atoms with E-state index in [9.17, 15) is 0 Å². The molecule has 2 aliphatic carbocycles. The van der Waals surface area contributed by atoms with Crippen molar-refractivity contribution >= 4 is 42.9 Å². The molecule has 1 aromatic heterocycles. The average Bonchev–Trinajstić information content (AvgIpc) is 3.81. The van der Waals surface area contributed by atoms with Crippen molar-refractivity contribution in [2.24, 2.45) is 5.92 Å². The molecule has 1 nitrogen and oxygen atoms in total. The molecule has 0 spiro atoms. The van der Waals surface area contributed by atoms with E-state index in [1.165, 1.54) is 75.9 Å². The Balaban J connectivity index is 0.993. The molecule has 1 atom stereocenters. The first-order valence-electron chi connectivity index (χ1n) is 19.9. The molecule has 0 amide bonds. The van der Waals surface area contributed by atoms with Gasteiger partial charge in [-0.1, -0.05) is 170 Å². The highest BCUT2D eigenvalue weighted by Gasteiger charge is 2.49. The lowest BCUT2D eigenvalue weighted by molar-refractivity contribution is 0.456. The molecule has 270 valence electrons. The smallest absolute Gasteiger partial charge is 0.0529 e. The van der Waals surface area contributed by atoms with Gasteiger partial charge in [0.1, 0.15) is 0 Å². The second-order valence-electron chi connectivity index (χ2n) is 15.2. The Morgan fingerprint density at radius 1 is 0.456 bits per heavy atom. The normalized spacial score (nSPS) is 15.3. The maximum atomic E-state index is 2.49. The van der Waals surface area contributed by atoms with E-state index >= 15 is 0 Å². The molecule has 0 saturated heterocycles. The molecule has 1 heterocycles. The predicted molar refractivity (Wildman–Crippen MR) is 242 cm³/mol. The van der Waals surface area contributed by atoms with Crippen LogP contribution in [0.4, 0.5) is 11.4 Å². The minimum absolute atomic E-state index is 0.223. The van der Waals surface area contributed by atoms with Gasteiger partial charge >= 0.3 is 0 Å². The molecule has 11 rings (SSSR count). The van der Waals surface area contributed by atoms with Crippen LogP contribution in [0.3, 0.4) is 0 Å². The van der Waals surface area contributed by atoms with Crippen molar-refractivity contribution in [2.45, 2.75) is 11.8 Å². The average molecular weight is 746 g/mol. The Morgan fingerprint density at radius 2 is 0.982 bits per heavy atom. The SMILES string of the molecule is C1=CC(C2(c3ccccc3)c3ccccc3-c3ccccc32)CC=C1N(c1ccc(-c2ccccc2)cc1)c1ccc(-c2ccc3sc4ccccc4c3c2)cc1. The highest BCUT2D eigenvalue weighted by Crippen LogP contribution is 2.58. The number of hydrogen-bond donors (Lipinski definition) is 0. The van der Waals surface area contributed by atoms with Crippen molar-refractivity contribution in [1.29, 1.82) is 0 Å². The van der Waals surface area contributed by atoms with Crippen molar-refractivity contribution in [3.63, 3.8) is 0 Å². The quantitative estimate of drug-likeness (QED) is 0.157. The molecular weight excluding hydrogens is 707 g/mol. The Kier molecular flexibility index (Phi) is 8.12. The molecular formula is C55H39NS. The van der Waals surface area contributed by atoms with Gasteiger partial charge < -0.3 is 4.90 Å². The van der Waals surface area contributed by atoms with Crippen LogP contribution in [0.5, 0.6) is 0 Å². The summed E-state index contributed by atoms with van der Waals surface area (Å²) in [7, 11) is 0. The first-order valence-corrected chi connectivity index (χ1v) is 20.7. The summed E-state index contributed by atoms with van der Waals surface area (Å²) in [6.07, 6.45) is 8.22.